The molecule has 3 N–H and O–H groups in total. The first-order valence-corrected chi connectivity index (χ1v) is 4.36. The van der Waals surface area contributed by atoms with E-state index < -0.39 is 0 Å². The highest BCUT2D eigenvalue weighted by molar-refractivity contribution is 5.60. The standard InChI is InChI=1S/C11H15N3/c1-5-10(7(2)12)6-11-8(3)13-9(4)14-11/h5-6H,1-2,12H2,3-4H3,(H,13,14)/b10-6+. The van der Waals surface area contributed by atoms with Gasteiger partial charge in [0, 0.05) is 11.4 Å². The predicted molar refractivity (Wildman–Crippen MR) is 59.6 cm³/mol. The Morgan fingerprint density at radius 3 is 2.50 bits per heavy atom. The summed E-state index contributed by atoms with van der Waals surface area (Å²) in [5.41, 5.74) is 8.78. The Balaban J connectivity index is 3.12. The smallest absolute Gasteiger partial charge is 0.103 e. The lowest BCUT2D eigenvalue weighted by atomic mass is 10.1. The summed E-state index contributed by atoms with van der Waals surface area (Å²) < 4.78 is 0. The van der Waals surface area contributed by atoms with Crippen LogP contribution >= 0.6 is 0 Å². The van der Waals surface area contributed by atoms with Gasteiger partial charge in [0.25, 0.3) is 0 Å². The Bertz CT molecular complexity index is 397. The van der Waals surface area contributed by atoms with Crippen molar-refractivity contribution in [2.75, 3.05) is 0 Å². The number of aromatic amines is 1. The fourth-order valence-electron chi connectivity index (χ4n) is 1.20. The van der Waals surface area contributed by atoms with Gasteiger partial charge in [-0.2, -0.15) is 0 Å². The molecule has 0 bridgehead atoms. The average Bonchev–Trinajstić information content (AvgIpc) is 2.40. The third kappa shape index (κ3) is 2.13. The van der Waals surface area contributed by atoms with E-state index in [0.717, 1.165) is 22.8 Å². The lowest BCUT2D eigenvalue weighted by Crippen LogP contribution is -1.96. The number of H-pyrrole nitrogens is 1. The van der Waals surface area contributed by atoms with Crippen LogP contribution < -0.4 is 5.73 Å². The van der Waals surface area contributed by atoms with E-state index in [9.17, 15) is 0 Å². The van der Waals surface area contributed by atoms with E-state index >= 15 is 0 Å². The van der Waals surface area contributed by atoms with Crippen molar-refractivity contribution in [3.63, 3.8) is 0 Å². The van der Waals surface area contributed by atoms with Gasteiger partial charge in [0.1, 0.15) is 5.82 Å². The first kappa shape index (κ1) is 10.3. The number of rotatable bonds is 3. The molecule has 3 heteroatoms. The van der Waals surface area contributed by atoms with Crippen LogP contribution in [0.25, 0.3) is 6.08 Å². The number of hydrogen-bond donors (Lipinski definition) is 2. The third-order valence-corrected chi connectivity index (χ3v) is 1.92. The number of hydrogen-bond acceptors (Lipinski definition) is 2. The van der Waals surface area contributed by atoms with Gasteiger partial charge in [0.05, 0.1) is 5.69 Å². The maximum atomic E-state index is 5.58. The minimum Gasteiger partial charge on any atom is -0.399 e. The summed E-state index contributed by atoms with van der Waals surface area (Å²) in [5, 5.41) is 0. The summed E-state index contributed by atoms with van der Waals surface area (Å²) in [4.78, 5) is 7.42. The summed E-state index contributed by atoms with van der Waals surface area (Å²) in [7, 11) is 0. The van der Waals surface area contributed by atoms with Crippen LogP contribution in [0, 0.1) is 13.8 Å². The highest BCUT2D eigenvalue weighted by atomic mass is 14.9. The molecule has 0 radical (unpaired) electrons. The lowest BCUT2D eigenvalue weighted by molar-refractivity contribution is 1.13. The Kier molecular flexibility index (Phi) is 2.92. The van der Waals surface area contributed by atoms with Crippen molar-refractivity contribution in [3.8, 4) is 0 Å². The molecule has 0 aliphatic heterocycles. The van der Waals surface area contributed by atoms with E-state index in [1.54, 1.807) is 6.08 Å². The van der Waals surface area contributed by atoms with Gasteiger partial charge in [-0.15, -0.1) is 0 Å². The number of imidazole rings is 1. The fourth-order valence-corrected chi connectivity index (χ4v) is 1.20. The van der Waals surface area contributed by atoms with Gasteiger partial charge in [-0.1, -0.05) is 19.2 Å². The second-order valence-corrected chi connectivity index (χ2v) is 3.16. The van der Waals surface area contributed by atoms with Gasteiger partial charge in [-0.3, -0.25) is 0 Å². The summed E-state index contributed by atoms with van der Waals surface area (Å²) >= 11 is 0. The Hall–Kier alpha value is -1.77. The van der Waals surface area contributed by atoms with Crippen LogP contribution in [0.3, 0.4) is 0 Å². The van der Waals surface area contributed by atoms with Gasteiger partial charge >= 0.3 is 0 Å². The maximum absolute atomic E-state index is 5.58. The van der Waals surface area contributed by atoms with Crippen LogP contribution in [-0.2, 0) is 0 Å². The first-order chi connectivity index (χ1) is 6.54. The quantitative estimate of drug-likeness (QED) is 0.715. The number of aromatic nitrogens is 2. The van der Waals surface area contributed by atoms with Gasteiger partial charge in [-0.05, 0) is 25.5 Å². The van der Waals surface area contributed by atoms with E-state index in [1.807, 2.05) is 19.9 Å². The van der Waals surface area contributed by atoms with Crippen molar-refractivity contribution in [2.24, 2.45) is 5.73 Å². The molecule has 0 aliphatic carbocycles. The summed E-state index contributed by atoms with van der Waals surface area (Å²) in [5.74, 6) is 0.889. The highest BCUT2D eigenvalue weighted by Gasteiger charge is 2.02. The molecular weight excluding hydrogens is 174 g/mol. The van der Waals surface area contributed by atoms with Crippen molar-refractivity contribution < 1.29 is 0 Å². The van der Waals surface area contributed by atoms with Crippen LogP contribution in [-0.4, -0.2) is 9.97 Å². The fraction of sp³-hybridized carbons (Fsp3) is 0.182. The second kappa shape index (κ2) is 3.96. The molecular formula is C11H15N3. The average molecular weight is 189 g/mol. The van der Waals surface area contributed by atoms with E-state index in [-0.39, 0.29) is 0 Å². The van der Waals surface area contributed by atoms with Crippen molar-refractivity contribution in [3.05, 3.63) is 47.7 Å². The zero-order valence-corrected chi connectivity index (χ0v) is 8.59. The van der Waals surface area contributed by atoms with Crippen LogP contribution in [0.5, 0.6) is 0 Å². The number of nitrogens with zero attached hydrogens (tertiary/aromatic N) is 1. The molecule has 0 saturated carbocycles. The normalized spacial score (nSPS) is 11.4. The van der Waals surface area contributed by atoms with Crippen molar-refractivity contribution >= 4 is 6.08 Å². The Morgan fingerprint density at radius 1 is 1.50 bits per heavy atom. The molecule has 1 aromatic rings. The molecule has 0 unspecified atom stereocenters. The molecule has 0 saturated heterocycles. The van der Waals surface area contributed by atoms with E-state index in [4.69, 9.17) is 5.73 Å². The maximum Gasteiger partial charge on any atom is 0.103 e. The third-order valence-electron chi connectivity index (χ3n) is 1.92. The predicted octanol–water partition coefficient (Wildman–Crippen LogP) is 2.07. The molecule has 0 spiro atoms. The number of nitrogens with two attached hydrogens (primary N) is 1. The molecule has 14 heavy (non-hydrogen) atoms. The number of aryl methyl sites for hydroxylation is 2. The van der Waals surface area contributed by atoms with Crippen molar-refractivity contribution in [2.45, 2.75) is 13.8 Å². The molecule has 0 amide bonds. The lowest BCUT2D eigenvalue weighted by Gasteiger charge is -1.98. The second-order valence-electron chi connectivity index (χ2n) is 3.16. The van der Waals surface area contributed by atoms with Gasteiger partial charge < -0.3 is 10.7 Å². The Morgan fingerprint density at radius 2 is 2.14 bits per heavy atom. The van der Waals surface area contributed by atoms with E-state index in [0.29, 0.717) is 5.70 Å². The molecule has 3 nitrogen and oxygen atoms in total. The molecule has 0 atom stereocenters. The summed E-state index contributed by atoms with van der Waals surface area (Å²) in [6, 6.07) is 0. The first-order valence-electron chi connectivity index (χ1n) is 4.36. The molecule has 1 aromatic heterocycles. The van der Waals surface area contributed by atoms with Crippen LogP contribution in [0.2, 0.25) is 0 Å². The van der Waals surface area contributed by atoms with Crippen LogP contribution in [0.15, 0.2) is 30.5 Å². The van der Waals surface area contributed by atoms with Crippen LogP contribution in [0.1, 0.15) is 17.2 Å². The molecule has 74 valence electrons. The largest absolute Gasteiger partial charge is 0.399 e. The summed E-state index contributed by atoms with van der Waals surface area (Å²) in [6.45, 7) is 11.2. The molecule has 1 heterocycles. The van der Waals surface area contributed by atoms with E-state index in [1.165, 1.54) is 0 Å². The summed E-state index contributed by atoms with van der Waals surface area (Å²) in [6.07, 6.45) is 3.54. The van der Waals surface area contributed by atoms with Gasteiger partial charge in [0.2, 0.25) is 0 Å². The minimum absolute atomic E-state index is 0.500. The van der Waals surface area contributed by atoms with Crippen molar-refractivity contribution in [1.29, 1.82) is 0 Å². The monoisotopic (exact) mass is 189 g/mol. The highest BCUT2D eigenvalue weighted by Crippen LogP contribution is 2.12. The minimum atomic E-state index is 0.500. The van der Waals surface area contributed by atoms with Crippen molar-refractivity contribution in [1.82, 2.24) is 9.97 Å². The SMILES string of the molecule is C=C/C(=C\c1nc(C)[nH]c1C)C(=C)N. The molecule has 0 aliphatic rings. The Labute approximate surface area is 84.1 Å². The molecule has 0 aromatic carbocycles. The number of allylic oxidation sites excluding steroid dienone is 1. The van der Waals surface area contributed by atoms with Gasteiger partial charge in [-0.25, -0.2) is 4.98 Å². The van der Waals surface area contributed by atoms with E-state index in [2.05, 4.69) is 23.1 Å². The van der Waals surface area contributed by atoms with Crippen LogP contribution in [0.4, 0.5) is 0 Å². The zero-order valence-electron chi connectivity index (χ0n) is 8.59. The molecule has 0 fully saturated rings. The zero-order chi connectivity index (χ0) is 10.7. The van der Waals surface area contributed by atoms with Gasteiger partial charge in [0.15, 0.2) is 0 Å². The topological polar surface area (TPSA) is 54.7 Å². The molecule has 1 rings (SSSR count). The number of nitrogens with one attached hydrogen (secondary N) is 1.